The summed E-state index contributed by atoms with van der Waals surface area (Å²) in [6, 6.07) is 6.33. The van der Waals surface area contributed by atoms with E-state index in [4.69, 9.17) is 0 Å². The van der Waals surface area contributed by atoms with Gasteiger partial charge in [0, 0.05) is 32.0 Å². The third-order valence-corrected chi connectivity index (χ3v) is 4.12. The van der Waals surface area contributed by atoms with E-state index in [1.54, 1.807) is 29.7 Å². The summed E-state index contributed by atoms with van der Waals surface area (Å²) in [5.41, 5.74) is -0.298. The first-order valence-electron chi connectivity index (χ1n) is 9.37. The van der Waals surface area contributed by atoms with E-state index in [-0.39, 0.29) is 29.4 Å². The number of nitrogens with one attached hydrogen (secondary N) is 2. The van der Waals surface area contributed by atoms with Crippen LogP contribution in [0.5, 0.6) is 0 Å². The van der Waals surface area contributed by atoms with Gasteiger partial charge in [-0.1, -0.05) is 32.0 Å². The first-order chi connectivity index (χ1) is 13.3. The van der Waals surface area contributed by atoms with Crippen LogP contribution < -0.4 is 16.1 Å². The molecule has 28 heavy (non-hydrogen) atoms. The molecule has 2 amide bonds. The molecule has 0 saturated carbocycles. The van der Waals surface area contributed by atoms with E-state index in [0.717, 1.165) is 0 Å². The Labute approximate surface area is 163 Å². The molecule has 1 aromatic carbocycles. The van der Waals surface area contributed by atoms with Gasteiger partial charge in [0.25, 0.3) is 11.8 Å². The van der Waals surface area contributed by atoms with Crippen molar-refractivity contribution in [3.8, 4) is 0 Å². The van der Waals surface area contributed by atoms with E-state index >= 15 is 0 Å². The highest BCUT2D eigenvalue weighted by Crippen LogP contribution is 2.07. The second-order valence-corrected chi connectivity index (χ2v) is 6.96. The van der Waals surface area contributed by atoms with Gasteiger partial charge in [-0.2, -0.15) is 0 Å². The quantitative estimate of drug-likeness (QED) is 0.730. The van der Waals surface area contributed by atoms with Crippen LogP contribution in [-0.2, 0) is 13.0 Å². The summed E-state index contributed by atoms with van der Waals surface area (Å²) in [4.78, 5) is 37.4. The molecular formula is C21H26FN3O3. The second kappa shape index (κ2) is 9.82. The number of rotatable bonds is 8. The lowest BCUT2D eigenvalue weighted by molar-refractivity contribution is 0.0951. The Hall–Kier alpha value is -2.96. The van der Waals surface area contributed by atoms with Gasteiger partial charge in [0.15, 0.2) is 0 Å². The van der Waals surface area contributed by atoms with Crippen LogP contribution in [0.2, 0.25) is 0 Å². The molecule has 0 spiro atoms. The topological polar surface area (TPSA) is 80.2 Å². The summed E-state index contributed by atoms with van der Waals surface area (Å²) in [6.07, 6.45) is 3.24. The standard InChI is InChI=1S/C21H26FN3O3/c1-4-23-20(27)16-12-25(11-14(2)3)13-17(19(16)26)21(28)24-10-9-15-7-5-6-8-18(15)22/h5-8,12-14H,4,9-11H2,1-3H3,(H,23,27)(H,24,28). The minimum Gasteiger partial charge on any atom is -0.352 e. The zero-order valence-corrected chi connectivity index (χ0v) is 16.4. The Balaban J connectivity index is 2.22. The van der Waals surface area contributed by atoms with E-state index < -0.39 is 17.2 Å². The van der Waals surface area contributed by atoms with Crippen LogP contribution in [-0.4, -0.2) is 29.5 Å². The molecule has 0 radical (unpaired) electrons. The molecule has 2 N–H and O–H groups in total. The molecule has 0 atom stereocenters. The van der Waals surface area contributed by atoms with Crippen LogP contribution in [0.1, 0.15) is 47.1 Å². The molecule has 0 aliphatic heterocycles. The Kier molecular flexibility index (Phi) is 7.49. The minimum atomic E-state index is -0.616. The van der Waals surface area contributed by atoms with Gasteiger partial charge in [-0.25, -0.2) is 4.39 Å². The number of nitrogens with zero attached hydrogens (tertiary/aromatic N) is 1. The van der Waals surface area contributed by atoms with Gasteiger partial charge < -0.3 is 15.2 Å². The maximum absolute atomic E-state index is 13.7. The first kappa shape index (κ1) is 21.3. The fourth-order valence-electron chi connectivity index (χ4n) is 2.84. The van der Waals surface area contributed by atoms with Crippen molar-refractivity contribution in [3.05, 3.63) is 69.4 Å². The third kappa shape index (κ3) is 5.52. The van der Waals surface area contributed by atoms with Crippen molar-refractivity contribution in [2.24, 2.45) is 5.92 Å². The number of carbonyl (C=O) groups excluding carboxylic acids is 2. The summed E-state index contributed by atoms with van der Waals surface area (Å²) in [5.74, 6) is -1.16. The highest BCUT2D eigenvalue weighted by molar-refractivity contribution is 5.99. The molecule has 0 aliphatic carbocycles. The predicted molar refractivity (Wildman–Crippen MR) is 106 cm³/mol. The van der Waals surface area contributed by atoms with Crippen LogP contribution in [0.15, 0.2) is 41.5 Å². The van der Waals surface area contributed by atoms with Crippen LogP contribution in [0.25, 0.3) is 0 Å². The maximum Gasteiger partial charge on any atom is 0.256 e. The molecule has 150 valence electrons. The predicted octanol–water partition coefficient (Wildman–Crippen LogP) is 2.37. The van der Waals surface area contributed by atoms with Crippen molar-refractivity contribution in [3.63, 3.8) is 0 Å². The average molecular weight is 387 g/mol. The lowest BCUT2D eigenvalue weighted by atomic mass is 10.1. The number of benzene rings is 1. The Morgan fingerprint density at radius 2 is 1.68 bits per heavy atom. The highest BCUT2D eigenvalue weighted by atomic mass is 19.1. The Morgan fingerprint density at radius 1 is 1.07 bits per heavy atom. The number of carbonyl (C=O) groups is 2. The lowest BCUT2D eigenvalue weighted by Crippen LogP contribution is -2.36. The second-order valence-electron chi connectivity index (χ2n) is 6.96. The van der Waals surface area contributed by atoms with Crippen molar-refractivity contribution in [1.29, 1.82) is 0 Å². The van der Waals surface area contributed by atoms with Gasteiger partial charge in [0.2, 0.25) is 5.43 Å². The highest BCUT2D eigenvalue weighted by Gasteiger charge is 2.19. The lowest BCUT2D eigenvalue weighted by Gasteiger charge is -2.14. The van der Waals surface area contributed by atoms with Gasteiger partial charge in [0.05, 0.1) is 0 Å². The monoisotopic (exact) mass is 387 g/mol. The fourth-order valence-corrected chi connectivity index (χ4v) is 2.84. The SMILES string of the molecule is CCNC(=O)c1cn(CC(C)C)cc(C(=O)NCCc2ccccc2F)c1=O. The molecule has 0 unspecified atom stereocenters. The molecule has 0 saturated heterocycles. The number of aromatic nitrogens is 1. The van der Waals surface area contributed by atoms with Crippen LogP contribution in [0, 0.1) is 11.7 Å². The Morgan fingerprint density at radius 3 is 2.25 bits per heavy atom. The summed E-state index contributed by atoms with van der Waals surface area (Å²) in [6.45, 7) is 6.86. The molecule has 0 bridgehead atoms. The Bertz CT molecular complexity index is 906. The number of amides is 2. The summed E-state index contributed by atoms with van der Waals surface area (Å²) in [5, 5.41) is 5.24. The van der Waals surface area contributed by atoms with Gasteiger partial charge in [-0.15, -0.1) is 0 Å². The van der Waals surface area contributed by atoms with Gasteiger partial charge in [-0.3, -0.25) is 14.4 Å². The summed E-state index contributed by atoms with van der Waals surface area (Å²) >= 11 is 0. The van der Waals surface area contributed by atoms with E-state index in [2.05, 4.69) is 10.6 Å². The van der Waals surface area contributed by atoms with Gasteiger partial charge in [-0.05, 0) is 30.9 Å². The first-order valence-corrected chi connectivity index (χ1v) is 9.37. The molecule has 7 heteroatoms. The molecule has 6 nitrogen and oxygen atoms in total. The van der Waals surface area contributed by atoms with E-state index in [9.17, 15) is 18.8 Å². The molecule has 2 rings (SSSR count). The zero-order chi connectivity index (χ0) is 20.7. The largest absolute Gasteiger partial charge is 0.352 e. The zero-order valence-electron chi connectivity index (χ0n) is 16.4. The number of hydrogen-bond acceptors (Lipinski definition) is 3. The van der Waals surface area contributed by atoms with Crippen molar-refractivity contribution >= 4 is 11.8 Å². The summed E-state index contributed by atoms with van der Waals surface area (Å²) in [7, 11) is 0. The fraction of sp³-hybridized carbons (Fsp3) is 0.381. The maximum atomic E-state index is 13.7. The number of pyridine rings is 1. The number of hydrogen-bond donors (Lipinski definition) is 2. The van der Waals surface area contributed by atoms with Crippen LogP contribution in [0.4, 0.5) is 4.39 Å². The number of halogens is 1. The van der Waals surface area contributed by atoms with E-state index in [1.807, 2.05) is 13.8 Å². The van der Waals surface area contributed by atoms with Crippen LogP contribution in [0.3, 0.4) is 0 Å². The molecule has 0 fully saturated rings. The average Bonchev–Trinajstić information content (AvgIpc) is 2.64. The van der Waals surface area contributed by atoms with Crippen molar-refractivity contribution < 1.29 is 14.0 Å². The van der Waals surface area contributed by atoms with E-state index in [1.165, 1.54) is 18.5 Å². The molecule has 2 aromatic rings. The molecule has 1 heterocycles. The molecule has 1 aromatic heterocycles. The van der Waals surface area contributed by atoms with Crippen molar-refractivity contribution in [2.45, 2.75) is 33.7 Å². The third-order valence-electron chi connectivity index (χ3n) is 4.12. The molecule has 0 aliphatic rings. The summed E-state index contributed by atoms with van der Waals surface area (Å²) < 4.78 is 15.4. The van der Waals surface area contributed by atoms with Crippen LogP contribution >= 0.6 is 0 Å². The van der Waals surface area contributed by atoms with Crippen molar-refractivity contribution in [2.75, 3.05) is 13.1 Å². The minimum absolute atomic E-state index is 0.0655. The van der Waals surface area contributed by atoms with E-state index in [0.29, 0.717) is 25.1 Å². The van der Waals surface area contributed by atoms with Gasteiger partial charge >= 0.3 is 0 Å². The normalized spacial score (nSPS) is 10.8. The van der Waals surface area contributed by atoms with Crippen molar-refractivity contribution in [1.82, 2.24) is 15.2 Å². The molecular weight excluding hydrogens is 361 g/mol. The van der Waals surface area contributed by atoms with Gasteiger partial charge in [0.1, 0.15) is 16.9 Å². The smallest absolute Gasteiger partial charge is 0.256 e.